The first-order chi connectivity index (χ1) is 6.62. The van der Waals surface area contributed by atoms with Gasteiger partial charge in [-0.25, -0.2) is 4.98 Å². The maximum Gasteiger partial charge on any atom is 0.200 e. The highest BCUT2D eigenvalue weighted by Gasteiger charge is 2.33. The molecule has 0 radical (unpaired) electrons. The van der Waals surface area contributed by atoms with Crippen LogP contribution in [0.1, 0.15) is 56.4 Å². The number of hydrogen-bond donors (Lipinski definition) is 0. The van der Waals surface area contributed by atoms with Crippen LogP contribution in [0.25, 0.3) is 0 Å². The van der Waals surface area contributed by atoms with Crippen molar-refractivity contribution in [3.05, 3.63) is 17.3 Å². The van der Waals surface area contributed by atoms with Crippen LogP contribution in [0.2, 0.25) is 0 Å². The van der Waals surface area contributed by atoms with Crippen LogP contribution in [0.15, 0.2) is 4.42 Å². The van der Waals surface area contributed by atoms with Gasteiger partial charge in [0.2, 0.25) is 5.89 Å². The molecule has 1 aromatic heterocycles. The first kappa shape index (κ1) is 9.75. The first-order valence-electron chi connectivity index (χ1n) is 5.56. The summed E-state index contributed by atoms with van der Waals surface area (Å²) in [4.78, 5) is 4.54. The van der Waals surface area contributed by atoms with Crippen LogP contribution < -0.4 is 0 Å². The molecule has 2 rings (SSSR count). The van der Waals surface area contributed by atoms with Crippen LogP contribution in [-0.2, 0) is 5.41 Å². The number of hydrogen-bond acceptors (Lipinski definition) is 2. The molecule has 2 heteroatoms. The van der Waals surface area contributed by atoms with Crippen molar-refractivity contribution in [3.8, 4) is 0 Å². The number of nitrogens with zero attached hydrogens (tertiary/aromatic N) is 1. The highest BCUT2D eigenvalue weighted by molar-refractivity contribution is 5.12. The SMILES string of the molecule is Cc1nc(C2(C)CCCCC2)oc1C. The highest BCUT2D eigenvalue weighted by Crippen LogP contribution is 2.38. The zero-order valence-electron chi connectivity index (χ0n) is 9.39. The monoisotopic (exact) mass is 193 g/mol. The van der Waals surface area contributed by atoms with Crippen LogP contribution >= 0.6 is 0 Å². The third-order valence-corrected chi connectivity index (χ3v) is 3.50. The summed E-state index contributed by atoms with van der Waals surface area (Å²) in [5, 5.41) is 0. The van der Waals surface area contributed by atoms with Crippen molar-refractivity contribution in [1.82, 2.24) is 4.98 Å². The van der Waals surface area contributed by atoms with E-state index in [0.717, 1.165) is 17.3 Å². The van der Waals surface area contributed by atoms with Crippen molar-refractivity contribution >= 4 is 0 Å². The lowest BCUT2D eigenvalue weighted by atomic mass is 9.76. The first-order valence-corrected chi connectivity index (χ1v) is 5.56. The molecular weight excluding hydrogens is 174 g/mol. The molecule has 1 fully saturated rings. The summed E-state index contributed by atoms with van der Waals surface area (Å²) < 4.78 is 5.75. The van der Waals surface area contributed by atoms with Gasteiger partial charge in [-0.05, 0) is 26.7 Å². The molecular formula is C12H19NO. The van der Waals surface area contributed by atoms with Crippen molar-refractivity contribution in [1.29, 1.82) is 0 Å². The smallest absolute Gasteiger partial charge is 0.200 e. The summed E-state index contributed by atoms with van der Waals surface area (Å²) in [6, 6.07) is 0. The van der Waals surface area contributed by atoms with E-state index in [-0.39, 0.29) is 5.41 Å². The third-order valence-electron chi connectivity index (χ3n) is 3.50. The molecule has 0 unspecified atom stereocenters. The molecule has 1 aromatic rings. The van der Waals surface area contributed by atoms with E-state index in [1.165, 1.54) is 32.1 Å². The lowest BCUT2D eigenvalue weighted by molar-refractivity contribution is 0.254. The second-order valence-electron chi connectivity index (χ2n) is 4.78. The van der Waals surface area contributed by atoms with Crippen LogP contribution in [0.5, 0.6) is 0 Å². The zero-order chi connectivity index (χ0) is 10.2. The quantitative estimate of drug-likeness (QED) is 0.682. The highest BCUT2D eigenvalue weighted by atomic mass is 16.4. The molecule has 1 aliphatic carbocycles. The summed E-state index contributed by atoms with van der Waals surface area (Å²) >= 11 is 0. The molecule has 0 atom stereocenters. The lowest BCUT2D eigenvalue weighted by Gasteiger charge is -2.30. The van der Waals surface area contributed by atoms with Crippen LogP contribution in [-0.4, -0.2) is 4.98 Å². The Hall–Kier alpha value is -0.790. The van der Waals surface area contributed by atoms with E-state index in [0.29, 0.717) is 0 Å². The van der Waals surface area contributed by atoms with Crippen molar-refractivity contribution in [2.24, 2.45) is 0 Å². The van der Waals surface area contributed by atoms with Gasteiger partial charge in [0.15, 0.2) is 0 Å². The van der Waals surface area contributed by atoms with E-state index in [9.17, 15) is 0 Å². The molecule has 1 aliphatic rings. The lowest BCUT2D eigenvalue weighted by Crippen LogP contribution is -2.25. The number of oxazole rings is 1. The Balaban J connectivity index is 2.28. The normalized spacial score (nSPS) is 21.1. The molecule has 0 spiro atoms. The van der Waals surface area contributed by atoms with E-state index in [2.05, 4.69) is 11.9 Å². The Morgan fingerprint density at radius 1 is 1.14 bits per heavy atom. The maximum absolute atomic E-state index is 5.75. The number of aryl methyl sites for hydroxylation is 2. The maximum atomic E-state index is 5.75. The molecule has 0 saturated heterocycles. The van der Waals surface area contributed by atoms with Crippen molar-refractivity contribution in [2.75, 3.05) is 0 Å². The van der Waals surface area contributed by atoms with Gasteiger partial charge in [-0.3, -0.25) is 0 Å². The van der Waals surface area contributed by atoms with Gasteiger partial charge in [0, 0.05) is 5.41 Å². The molecule has 0 N–H and O–H groups in total. The van der Waals surface area contributed by atoms with Gasteiger partial charge in [0.1, 0.15) is 5.76 Å². The van der Waals surface area contributed by atoms with E-state index < -0.39 is 0 Å². The molecule has 14 heavy (non-hydrogen) atoms. The van der Waals surface area contributed by atoms with Gasteiger partial charge in [0.25, 0.3) is 0 Å². The Morgan fingerprint density at radius 2 is 1.79 bits per heavy atom. The fourth-order valence-corrected chi connectivity index (χ4v) is 2.28. The Kier molecular flexibility index (Phi) is 2.38. The number of rotatable bonds is 1. The van der Waals surface area contributed by atoms with Gasteiger partial charge >= 0.3 is 0 Å². The molecule has 0 aliphatic heterocycles. The van der Waals surface area contributed by atoms with Gasteiger partial charge in [0.05, 0.1) is 5.69 Å². The van der Waals surface area contributed by atoms with Crippen molar-refractivity contribution in [2.45, 2.75) is 58.3 Å². The fourth-order valence-electron chi connectivity index (χ4n) is 2.28. The largest absolute Gasteiger partial charge is 0.445 e. The van der Waals surface area contributed by atoms with Crippen LogP contribution in [0.4, 0.5) is 0 Å². The van der Waals surface area contributed by atoms with Gasteiger partial charge in [-0.15, -0.1) is 0 Å². The molecule has 2 nitrogen and oxygen atoms in total. The third kappa shape index (κ3) is 1.58. The molecule has 0 aromatic carbocycles. The van der Waals surface area contributed by atoms with Crippen molar-refractivity contribution < 1.29 is 4.42 Å². The Labute approximate surface area is 85.7 Å². The van der Waals surface area contributed by atoms with Gasteiger partial charge < -0.3 is 4.42 Å². The molecule has 78 valence electrons. The molecule has 1 saturated carbocycles. The zero-order valence-corrected chi connectivity index (χ0v) is 9.39. The number of aromatic nitrogens is 1. The van der Waals surface area contributed by atoms with Crippen LogP contribution in [0, 0.1) is 13.8 Å². The second kappa shape index (κ2) is 3.41. The minimum atomic E-state index is 0.206. The van der Waals surface area contributed by atoms with Crippen LogP contribution in [0.3, 0.4) is 0 Å². The summed E-state index contributed by atoms with van der Waals surface area (Å²) in [6.45, 7) is 6.31. The minimum absolute atomic E-state index is 0.206. The van der Waals surface area contributed by atoms with Crippen molar-refractivity contribution in [3.63, 3.8) is 0 Å². The molecule has 1 heterocycles. The minimum Gasteiger partial charge on any atom is -0.445 e. The second-order valence-corrected chi connectivity index (χ2v) is 4.78. The topological polar surface area (TPSA) is 26.0 Å². The van der Waals surface area contributed by atoms with E-state index in [1.807, 2.05) is 13.8 Å². The fraction of sp³-hybridized carbons (Fsp3) is 0.750. The Morgan fingerprint density at radius 3 is 2.29 bits per heavy atom. The molecule has 0 amide bonds. The van der Waals surface area contributed by atoms with E-state index >= 15 is 0 Å². The van der Waals surface area contributed by atoms with E-state index in [1.54, 1.807) is 0 Å². The summed E-state index contributed by atoms with van der Waals surface area (Å²) in [5.41, 5.74) is 1.25. The Bertz CT molecular complexity index is 302. The summed E-state index contributed by atoms with van der Waals surface area (Å²) in [7, 11) is 0. The van der Waals surface area contributed by atoms with Gasteiger partial charge in [-0.1, -0.05) is 26.2 Å². The van der Waals surface area contributed by atoms with E-state index in [4.69, 9.17) is 4.42 Å². The van der Waals surface area contributed by atoms with Gasteiger partial charge in [-0.2, -0.15) is 0 Å². The average Bonchev–Trinajstić information content (AvgIpc) is 2.49. The predicted octanol–water partition coefficient (Wildman–Crippen LogP) is 3.51. The molecule has 0 bridgehead atoms. The standard InChI is InChI=1S/C12H19NO/c1-9-10(2)14-11(13-9)12(3)7-5-4-6-8-12/h4-8H2,1-3H3. The predicted molar refractivity (Wildman–Crippen MR) is 56.4 cm³/mol. The average molecular weight is 193 g/mol. The summed E-state index contributed by atoms with van der Waals surface area (Å²) in [6.07, 6.45) is 6.46. The summed E-state index contributed by atoms with van der Waals surface area (Å²) in [5.74, 6) is 1.94.